The van der Waals surface area contributed by atoms with Crippen molar-refractivity contribution in [1.82, 2.24) is 15.4 Å². The van der Waals surface area contributed by atoms with Gasteiger partial charge in [0.1, 0.15) is 0 Å². The van der Waals surface area contributed by atoms with Crippen molar-refractivity contribution >= 4 is 11.3 Å². The number of rotatable bonds is 2. The van der Waals surface area contributed by atoms with E-state index in [0.29, 0.717) is 0 Å². The monoisotopic (exact) mass is 224 g/mol. The van der Waals surface area contributed by atoms with Gasteiger partial charge in [0.15, 0.2) is 0 Å². The minimum absolute atomic E-state index is 0.745. The first kappa shape index (κ1) is 9.84. The molecule has 0 saturated carbocycles. The number of hydrazone groups is 1. The number of nitrogens with zero attached hydrogens (tertiary/aromatic N) is 2. The van der Waals surface area contributed by atoms with E-state index in [1.54, 1.807) is 12.4 Å². The third-order valence-electron chi connectivity index (χ3n) is 2.70. The van der Waals surface area contributed by atoms with Crippen molar-refractivity contribution in [3.8, 4) is 0 Å². The lowest BCUT2D eigenvalue weighted by Crippen LogP contribution is -2.19. The highest BCUT2D eigenvalue weighted by Crippen LogP contribution is 2.15. The van der Waals surface area contributed by atoms with Crippen molar-refractivity contribution in [2.45, 2.75) is 0 Å². The fourth-order valence-electron chi connectivity index (χ4n) is 1.83. The Kier molecular flexibility index (Phi) is 2.46. The van der Waals surface area contributed by atoms with E-state index in [0.717, 1.165) is 23.5 Å². The van der Waals surface area contributed by atoms with Gasteiger partial charge in [-0.2, -0.15) is 5.10 Å². The van der Waals surface area contributed by atoms with E-state index in [-0.39, 0.29) is 0 Å². The summed E-state index contributed by atoms with van der Waals surface area (Å²) < 4.78 is 0. The van der Waals surface area contributed by atoms with Crippen LogP contribution in [-0.4, -0.2) is 22.2 Å². The lowest BCUT2D eigenvalue weighted by atomic mass is 10.1. The van der Waals surface area contributed by atoms with Gasteiger partial charge in [0.25, 0.3) is 0 Å². The Labute approximate surface area is 99.1 Å². The van der Waals surface area contributed by atoms with Crippen LogP contribution in [0.5, 0.6) is 0 Å². The third-order valence-corrected chi connectivity index (χ3v) is 2.70. The molecule has 0 aromatic carbocycles. The molecule has 3 rings (SSSR count). The number of hydrogen-bond acceptors (Lipinski definition) is 3. The fourth-order valence-corrected chi connectivity index (χ4v) is 1.83. The second kappa shape index (κ2) is 4.25. The third kappa shape index (κ3) is 1.97. The molecule has 1 aliphatic rings. The lowest BCUT2D eigenvalue weighted by Gasteiger charge is -2.13. The zero-order valence-corrected chi connectivity index (χ0v) is 9.22. The summed E-state index contributed by atoms with van der Waals surface area (Å²) in [7, 11) is 0. The molecule has 84 valence electrons. The molecular weight excluding hydrogens is 212 g/mol. The maximum absolute atomic E-state index is 4.31. The molecule has 1 aliphatic heterocycles. The molecule has 0 saturated heterocycles. The van der Waals surface area contributed by atoms with Gasteiger partial charge >= 0.3 is 0 Å². The average Bonchev–Trinajstić information content (AvgIpc) is 2.94. The summed E-state index contributed by atoms with van der Waals surface area (Å²) in [6, 6.07) is 7.96. The summed E-state index contributed by atoms with van der Waals surface area (Å²) in [5.74, 6) is 0. The van der Waals surface area contributed by atoms with Crippen LogP contribution in [0.1, 0.15) is 11.3 Å². The lowest BCUT2D eigenvalue weighted by molar-refractivity contribution is 0.826. The molecule has 0 aliphatic carbocycles. The van der Waals surface area contributed by atoms with Crippen LogP contribution in [0.4, 0.5) is 0 Å². The summed E-state index contributed by atoms with van der Waals surface area (Å²) in [6.07, 6.45) is 7.56. The summed E-state index contributed by atoms with van der Waals surface area (Å²) in [6.45, 7) is 0.745. The Morgan fingerprint density at radius 3 is 2.76 bits per heavy atom. The topological polar surface area (TPSA) is 53.1 Å². The minimum atomic E-state index is 0.745. The largest absolute Gasteiger partial charge is 0.361 e. The van der Waals surface area contributed by atoms with Crippen molar-refractivity contribution in [2.24, 2.45) is 5.10 Å². The Morgan fingerprint density at radius 2 is 2.00 bits per heavy atom. The van der Waals surface area contributed by atoms with Crippen LogP contribution in [0.2, 0.25) is 0 Å². The Morgan fingerprint density at radius 1 is 1.12 bits per heavy atom. The van der Waals surface area contributed by atoms with E-state index in [4.69, 9.17) is 0 Å². The molecule has 3 heterocycles. The number of nitrogens with one attached hydrogen (secondary N) is 2. The molecule has 0 bridgehead atoms. The highest BCUT2D eigenvalue weighted by Gasteiger charge is 2.10. The van der Waals surface area contributed by atoms with Crippen LogP contribution in [0, 0.1) is 0 Å². The predicted molar refractivity (Wildman–Crippen MR) is 67.5 cm³/mol. The maximum Gasteiger partial charge on any atom is 0.0906 e. The average molecular weight is 224 g/mol. The number of aromatic nitrogens is 2. The second-order valence-corrected chi connectivity index (χ2v) is 3.82. The molecule has 2 aromatic rings. The molecule has 0 fully saturated rings. The Balaban J connectivity index is 1.96. The van der Waals surface area contributed by atoms with Gasteiger partial charge in [0.2, 0.25) is 0 Å². The van der Waals surface area contributed by atoms with Crippen LogP contribution < -0.4 is 5.43 Å². The van der Waals surface area contributed by atoms with Crippen LogP contribution in [0.15, 0.2) is 54.0 Å². The van der Waals surface area contributed by atoms with Gasteiger partial charge in [-0.25, -0.2) is 0 Å². The number of allylic oxidation sites excluding steroid dienone is 1. The summed E-state index contributed by atoms with van der Waals surface area (Å²) >= 11 is 0. The molecular formula is C13H12N4. The molecule has 0 atom stereocenters. The molecule has 2 aromatic heterocycles. The van der Waals surface area contributed by atoms with Crippen molar-refractivity contribution in [3.05, 3.63) is 60.2 Å². The Hall–Kier alpha value is -2.36. The zero-order chi connectivity index (χ0) is 11.5. The summed E-state index contributed by atoms with van der Waals surface area (Å²) in [5, 5.41) is 4.31. The van der Waals surface area contributed by atoms with Gasteiger partial charge in [0, 0.05) is 29.8 Å². The molecule has 2 N–H and O–H groups in total. The zero-order valence-electron chi connectivity index (χ0n) is 9.22. The maximum atomic E-state index is 4.31. The molecule has 0 spiro atoms. The van der Waals surface area contributed by atoms with Crippen LogP contribution in [-0.2, 0) is 0 Å². The van der Waals surface area contributed by atoms with Crippen LogP contribution in [0.3, 0.4) is 0 Å². The second-order valence-electron chi connectivity index (χ2n) is 3.82. The first-order valence-electron chi connectivity index (χ1n) is 5.49. The standard InChI is InChI=1S/C13H12N4/c1-2-12(15-5-1)11-8-13(17-16-9-11)10-3-6-14-7-4-10/h1-8,15-16H,9H2. The van der Waals surface area contributed by atoms with E-state index in [1.807, 2.05) is 24.4 Å². The van der Waals surface area contributed by atoms with E-state index >= 15 is 0 Å². The minimum Gasteiger partial charge on any atom is -0.361 e. The van der Waals surface area contributed by atoms with E-state index in [1.165, 1.54) is 5.57 Å². The SMILES string of the molecule is C1=C(c2ccc[nH]2)CNN=C1c1ccncc1. The highest BCUT2D eigenvalue weighted by molar-refractivity contribution is 6.12. The van der Waals surface area contributed by atoms with E-state index in [9.17, 15) is 0 Å². The predicted octanol–water partition coefficient (Wildman–Crippen LogP) is 1.80. The van der Waals surface area contributed by atoms with Crippen molar-refractivity contribution in [3.63, 3.8) is 0 Å². The number of pyridine rings is 1. The van der Waals surface area contributed by atoms with Gasteiger partial charge in [-0.1, -0.05) is 0 Å². The first-order valence-corrected chi connectivity index (χ1v) is 5.49. The van der Waals surface area contributed by atoms with Crippen molar-refractivity contribution in [1.29, 1.82) is 0 Å². The first-order chi connectivity index (χ1) is 8.43. The molecule has 17 heavy (non-hydrogen) atoms. The number of aromatic amines is 1. The van der Waals surface area contributed by atoms with Crippen LogP contribution in [0.25, 0.3) is 5.57 Å². The highest BCUT2D eigenvalue weighted by atomic mass is 15.3. The molecule has 0 radical (unpaired) electrons. The quantitative estimate of drug-likeness (QED) is 0.817. The molecule has 0 unspecified atom stereocenters. The van der Waals surface area contributed by atoms with Gasteiger partial charge < -0.3 is 10.4 Å². The molecule has 4 nitrogen and oxygen atoms in total. The van der Waals surface area contributed by atoms with Gasteiger partial charge in [-0.15, -0.1) is 0 Å². The van der Waals surface area contributed by atoms with E-state index < -0.39 is 0 Å². The van der Waals surface area contributed by atoms with Gasteiger partial charge in [-0.05, 0) is 35.9 Å². The summed E-state index contributed by atoms with van der Waals surface area (Å²) in [5.41, 5.74) is 7.38. The fraction of sp³-hybridized carbons (Fsp3) is 0.0769. The smallest absolute Gasteiger partial charge is 0.0906 e. The number of hydrogen-bond donors (Lipinski definition) is 2. The van der Waals surface area contributed by atoms with Crippen molar-refractivity contribution in [2.75, 3.05) is 6.54 Å². The number of H-pyrrole nitrogens is 1. The normalized spacial score (nSPS) is 14.8. The van der Waals surface area contributed by atoms with Gasteiger partial charge in [-0.3, -0.25) is 4.98 Å². The summed E-state index contributed by atoms with van der Waals surface area (Å²) in [4.78, 5) is 7.21. The molecule has 0 amide bonds. The van der Waals surface area contributed by atoms with Crippen molar-refractivity contribution < 1.29 is 0 Å². The molecule has 4 heteroatoms. The van der Waals surface area contributed by atoms with Crippen LogP contribution >= 0.6 is 0 Å². The van der Waals surface area contributed by atoms with Gasteiger partial charge in [0.05, 0.1) is 12.3 Å². The Bertz CT molecular complexity index is 552. The van der Waals surface area contributed by atoms with E-state index in [2.05, 4.69) is 32.6 Å².